The van der Waals surface area contributed by atoms with Crippen molar-refractivity contribution < 1.29 is 4.79 Å². The molecule has 0 aliphatic carbocycles. The average Bonchev–Trinajstić information content (AvgIpc) is 3.35. The summed E-state index contributed by atoms with van der Waals surface area (Å²) in [7, 11) is 0. The summed E-state index contributed by atoms with van der Waals surface area (Å²) in [4.78, 5) is 12.0. The van der Waals surface area contributed by atoms with E-state index in [1.54, 1.807) is 18.5 Å². The molecule has 0 aliphatic rings. The Hall–Kier alpha value is -3.59. The minimum absolute atomic E-state index is 0.443. The number of hydrazone groups is 1. The lowest BCUT2D eigenvalue weighted by Gasteiger charge is -2.04. The van der Waals surface area contributed by atoms with Crippen molar-refractivity contribution in [3.05, 3.63) is 72.1 Å². The van der Waals surface area contributed by atoms with Crippen molar-refractivity contribution >= 4 is 40.7 Å². The maximum atomic E-state index is 12.0. The van der Waals surface area contributed by atoms with E-state index in [2.05, 4.69) is 29.7 Å². The number of nitrogens with zero attached hydrogens (tertiary/aromatic N) is 5. The van der Waals surface area contributed by atoms with Gasteiger partial charge in [-0.3, -0.25) is 4.68 Å². The second kappa shape index (κ2) is 7.75. The van der Waals surface area contributed by atoms with Crippen molar-refractivity contribution in [2.24, 2.45) is 5.10 Å². The summed E-state index contributed by atoms with van der Waals surface area (Å²) < 4.78 is 10.2. The van der Waals surface area contributed by atoms with Crippen LogP contribution in [0.5, 0.6) is 0 Å². The minimum Gasteiger partial charge on any atom is -0.304 e. The summed E-state index contributed by atoms with van der Waals surface area (Å²) in [6.45, 7) is 0.710. The van der Waals surface area contributed by atoms with Crippen LogP contribution in [0.3, 0.4) is 0 Å². The Bertz CT molecular complexity index is 1070. The number of benzene rings is 2. The Morgan fingerprint density at radius 2 is 2.04 bits per heavy atom. The van der Waals surface area contributed by atoms with E-state index < -0.39 is 6.03 Å². The molecular weight excluding hydrogens is 362 g/mol. The summed E-state index contributed by atoms with van der Waals surface area (Å²) in [6, 6.07) is 14.7. The molecule has 0 radical (unpaired) electrons. The predicted molar refractivity (Wildman–Crippen MR) is 105 cm³/mol. The SMILES string of the molecule is O=C(N/N=C/c1ccc(Cn2cccn2)cc1)Nc1cccc2nsnc12. The molecule has 0 saturated carbocycles. The Morgan fingerprint density at radius 3 is 2.85 bits per heavy atom. The third kappa shape index (κ3) is 4.15. The molecule has 2 aromatic heterocycles. The molecule has 4 rings (SSSR count). The zero-order valence-electron chi connectivity index (χ0n) is 14.1. The number of hydrogen-bond acceptors (Lipinski definition) is 6. The number of fused-ring (bicyclic) bond motifs is 1. The molecule has 0 saturated heterocycles. The van der Waals surface area contributed by atoms with Crippen LogP contribution in [-0.4, -0.2) is 30.8 Å². The Balaban J connectivity index is 1.33. The first-order chi connectivity index (χ1) is 13.3. The Kier molecular flexibility index (Phi) is 4.84. The van der Waals surface area contributed by atoms with Crippen molar-refractivity contribution in [2.75, 3.05) is 5.32 Å². The van der Waals surface area contributed by atoms with E-state index >= 15 is 0 Å². The van der Waals surface area contributed by atoms with E-state index in [4.69, 9.17) is 0 Å². The van der Waals surface area contributed by atoms with Gasteiger partial charge in [0.1, 0.15) is 11.0 Å². The van der Waals surface area contributed by atoms with Crippen LogP contribution in [0.25, 0.3) is 11.0 Å². The zero-order chi connectivity index (χ0) is 18.5. The van der Waals surface area contributed by atoms with Crippen LogP contribution in [0.2, 0.25) is 0 Å². The molecule has 0 spiro atoms. The standard InChI is InChI=1S/C18H15N7OS/c26-18(21-15-3-1-4-16-17(15)24-27-23-16)22-19-11-13-5-7-14(8-6-13)12-25-10-2-9-20-25/h1-11H,12H2,(H2,21,22,26)/b19-11+. The maximum absolute atomic E-state index is 12.0. The molecule has 0 atom stereocenters. The van der Waals surface area contributed by atoms with Crippen molar-refractivity contribution in [3.8, 4) is 0 Å². The number of carbonyl (C=O) groups is 1. The first-order valence-corrected chi connectivity index (χ1v) is 8.89. The van der Waals surface area contributed by atoms with E-state index in [-0.39, 0.29) is 0 Å². The van der Waals surface area contributed by atoms with Gasteiger partial charge in [0.05, 0.1) is 30.2 Å². The van der Waals surface area contributed by atoms with E-state index in [1.807, 2.05) is 53.3 Å². The number of carbonyl (C=O) groups excluding carboxylic acids is 1. The van der Waals surface area contributed by atoms with Crippen LogP contribution < -0.4 is 10.7 Å². The molecule has 2 heterocycles. The molecule has 0 unspecified atom stereocenters. The van der Waals surface area contributed by atoms with Gasteiger partial charge in [-0.25, -0.2) is 10.2 Å². The van der Waals surface area contributed by atoms with Crippen LogP contribution >= 0.6 is 11.7 Å². The fraction of sp³-hybridized carbons (Fsp3) is 0.0556. The number of rotatable bonds is 5. The van der Waals surface area contributed by atoms with E-state index in [1.165, 1.54) is 0 Å². The van der Waals surface area contributed by atoms with Crippen LogP contribution in [0.1, 0.15) is 11.1 Å². The van der Waals surface area contributed by atoms with E-state index in [9.17, 15) is 4.79 Å². The van der Waals surface area contributed by atoms with Crippen molar-refractivity contribution in [2.45, 2.75) is 6.54 Å². The molecule has 134 valence electrons. The van der Waals surface area contributed by atoms with Gasteiger partial charge in [-0.05, 0) is 29.3 Å². The van der Waals surface area contributed by atoms with E-state index in [0.29, 0.717) is 17.7 Å². The Labute approximate surface area is 158 Å². The van der Waals surface area contributed by atoms with E-state index in [0.717, 1.165) is 28.4 Å². The van der Waals surface area contributed by atoms with Crippen molar-refractivity contribution in [1.82, 2.24) is 24.0 Å². The summed E-state index contributed by atoms with van der Waals surface area (Å²) >= 11 is 1.10. The lowest BCUT2D eigenvalue weighted by Crippen LogP contribution is -2.24. The molecule has 4 aromatic rings. The van der Waals surface area contributed by atoms with Gasteiger partial charge in [0, 0.05) is 12.4 Å². The fourth-order valence-corrected chi connectivity index (χ4v) is 3.06. The van der Waals surface area contributed by atoms with Crippen LogP contribution in [0.15, 0.2) is 66.0 Å². The number of aromatic nitrogens is 4. The number of urea groups is 1. The normalized spacial score (nSPS) is 11.1. The molecule has 9 heteroatoms. The van der Waals surface area contributed by atoms with Gasteiger partial charge >= 0.3 is 6.03 Å². The number of anilines is 1. The zero-order valence-corrected chi connectivity index (χ0v) is 14.9. The summed E-state index contributed by atoms with van der Waals surface area (Å²) in [5, 5.41) is 10.9. The monoisotopic (exact) mass is 377 g/mol. The van der Waals surface area contributed by atoms with Crippen molar-refractivity contribution in [3.63, 3.8) is 0 Å². The lowest BCUT2D eigenvalue weighted by molar-refractivity contribution is 0.252. The average molecular weight is 377 g/mol. The third-order valence-electron chi connectivity index (χ3n) is 3.80. The minimum atomic E-state index is -0.443. The highest BCUT2D eigenvalue weighted by atomic mass is 32.1. The van der Waals surface area contributed by atoms with Gasteiger partial charge in [-0.15, -0.1) is 0 Å². The topological polar surface area (TPSA) is 97.1 Å². The fourth-order valence-electron chi connectivity index (χ4n) is 2.51. The molecule has 2 N–H and O–H groups in total. The second-order valence-corrected chi connectivity index (χ2v) is 6.24. The Morgan fingerprint density at radius 1 is 1.15 bits per heavy atom. The second-order valence-electron chi connectivity index (χ2n) is 5.71. The predicted octanol–water partition coefficient (Wildman–Crippen LogP) is 3.09. The highest BCUT2D eigenvalue weighted by molar-refractivity contribution is 7.00. The molecule has 8 nitrogen and oxygen atoms in total. The summed E-state index contributed by atoms with van der Waals surface area (Å²) in [6.07, 6.45) is 5.26. The first kappa shape index (κ1) is 16.9. The summed E-state index contributed by atoms with van der Waals surface area (Å²) in [5.74, 6) is 0. The van der Waals surface area contributed by atoms with Gasteiger partial charge in [-0.2, -0.15) is 18.9 Å². The van der Waals surface area contributed by atoms with Gasteiger partial charge in [0.2, 0.25) is 0 Å². The molecule has 2 aromatic carbocycles. The molecular formula is C18H15N7OS. The largest absolute Gasteiger partial charge is 0.339 e. The lowest BCUT2D eigenvalue weighted by atomic mass is 10.1. The molecule has 2 amide bonds. The molecule has 27 heavy (non-hydrogen) atoms. The smallest absolute Gasteiger partial charge is 0.304 e. The van der Waals surface area contributed by atoms with Crippen molar-refractivity contribution in [1.29, 1.82) is 0 Å². The highest BCUT2D eigenvalue weighted by Crippen LogP contribution is 2.20. The maximum Gasteiger partial charge on any atom is 0.339 e. The molecule has 0 aliphatic heterocycles. The van der Waals surface area contributed by atoms with Gasteiger partial charge in [0.15, 0.2) is 0 Å². The number of amides is 2. The number of hydrogen-bond donors (Lipinski definition) is 2. The summed E-state index contributed by atoms with van der Waals surface area (Å²) in [5.41, 5.74) is 6.46. The molecule has 0 fully saturated rings. The van der Waals surface area contributed by atoms with Gasteiger partial charge < -0.3 is 5.32 Å². The highest BCUT2D eigenvalue weighted by Gasteiger charge is 2.07. The first-order valence-electron chi connectivity index (χ1n) is 8.16. The number of nitrogens with one attached hydrogen (secondary N) is 2. The van der Waals surface area contributed by atoms with Crippen LogP contribution in [0.4, 0.5) is 10.5 Å². The van der Waals surface area contributed by atoms with Crippen LogP contribution in [0, 0.1) is 0 Å². The third-order valence-corrected chi connectivity index (χ3v) is 4.34. The molecule has 0 bridgehead atoms. The van der Waals surface area contributed by atoms with Gasteiger partial charge in [-0.1, -0.05) is 30.3 Å². The quantitative estimate of drug-likeness (QED) is 0.412. The van der Waals surface area contributed by atoms with Crippen LogP contribution in [-0.2, 0) is 6.54 Å². The van der Waals surface area contributed by atoms with Gasteiger partial charge in [0.25, 0.3) is 0 Å².